The number of hydrogen-bond acceptors (Lipinski definition) is 5. The van der Waals surface area contributed by atoms with E-state index in [-0.39, 0.29) is 6.10 Å². The Balaban J connectivity index is 1.96. The molecular formula is C15H21NO4. The number of carbonyl (C=O) groups excluding carboxylic acids is 1. The van der Waals surface area contributed by atoms with E-state index in [1.807, 2.05) is 0 Å². The third-order valence-electron chi connectivity index (χ3n) is 3.50. The van der Waals surface area contributed by atoms with Crippen molar-refractivity contribution in [1.82, 2.24) is 4.90 Å². The molecule has 0 aromatic heterocycles. The fourth-order valence-electron chi connectivity index (χ4n) is 2.38. The number of piperidine rings is 1. The second kappa shape index (κ2) is 6.72. The molecule has 2 rings (SSSR count). The van der Waals surface area contributed by atoms with E-state index in [0.717, 1.165) is 31.7 Å². The number of hydrogen-bond donors (Lipinski definition) is 1. The number of esters is 1. The molecule has 2 atom stereocenters. The van der Waals surface area contributed by atoms with Gasteiger partial charge in [-0.25, -0.2) is 4.79 Å². The number of likely N-dealkylation sites (tertiary alicyclic amines) is 1. The molecule has 0 spiro atoms. The molecule has 1 heterocycles. The van der Waals surface area contributed by atoms with Crippen LogP contribution in [0.25, 0.3) is 0 Å². The molecule has 0 radical (unpaired) electrons. The van der Waals surface area contributed by atoms with Gasteiger partial charge >= 0.3 is 5.97 Å². The van der Waals surface area contributed by atoms with Crippen LogP contribution in [0.15, 0.2) is 24.3 Å². The molecule has 0 aliphatic carbocycles. The monoisotopic (exact) mass is 279 g/mol. The molecule has 0 bridgehead atoms. The lowest BCUT2D eigenvalue weighted by atomic mass is 10.1. The third kappa shape index (κ3) is 3.71. The van der Waals surface area contributed by atoms with Crippen molar-refractivity contribution < 1.29 is 19.4 Å². The number of aliphatic hydroxyl groups excluding tert-OH is 1. The normalized spacial score (nSPS) is 21.2. The first-order chi connectivity index (χ1) is 9.60. The topological polar surface area (TPSA) is 59.0 Å². The van der Waals surface area contributed by atoms with Gasteiger partial charge in [0.1, 0.15) is 11.9 Å². The van der Waals surface area contributed by atoms with Crippen molar-refractivity contribution in [2.45, 2.75) is 25.0 Å². The lowest BCUT2D eigenvalue weighted by molar-refractivity contribution is -0.150. The van der Waals surface area contributed by atoms with E-state index in [1.54, 1.807) is 24.3 Å². The smallest absolute Gasteiger partial charge is 0.339 e. The van der Waals surface area contributed by atoms with Gasteiger partial charge in [0.15, 0.2) is 6.10 Å². The molecule has 5 nitrogen and oxygen atoms in total. The summed E-state index contributed by atoms with van der Waals surface area (Å²) < 4.78 is 10.4. The molecule has 1 aliphatic heterocycles. The molecule has 1 aromatic carbocycles. The Morgan fingerprint density at radius 3 is 2.70 bits per heavy atom. The van der Waals surface area contributed by atoms with Crippen molar-refractivity contribution in [3.8, 4) is 5.75 Å². The van der Waals surface area contributed by atoms with Crippen LogP contribution in [-0.2, 0) is 9.53 Å². The lowest BCUT2D eigenvalue weighted by Crippen LogP contribution is -2.38. The Morgan fingerprint density at radius 2 is 2.10 bits per heavy atom. The van der Waals surface area contributed by atoms with Crippen molar-refractivity contribution in [1.29, 1.82) is 0 Å². The number of benzene rings is 1. The molecule has 1 saturated heterocycles. The van der Waals surface area contributed by atoms with Crippen LogP contribution in [0.5, 0.6) is 5.75 Å². The van der Waals surface area contributed by atoms with Gasteiger partial charge in [0.2, 0.25) is 0 Å². The quantitative estimate of drug-likeness (QED) is 0.843. The lowest BCUT2D eigenvalue weighted by Gasteiger charge is -2.30. The summed E-state index contributed by atoms with van der Waals surface area (Å²) in [6.07, 6.45) is 1.15. The third-order valence-corrected chi connectivity index (χ3v) is 3.50. The zero-order valence-electron chi connectivity index (χ0n) is 11.9. The first-order valence-corrected chi connectivity index (χ1v) is 6.81. The molecule has 20 heavy (non-hydrogen) atoms. The van der Waals surface area contributed by atoms with E-state index in [2.05, 4.69) is 16.7 Å². The largest absolute Gasteiger partial charge is 0.489 e. The Kier molecular flexibility index (Phi) is 4.98. The number of likely N-dealkylation sites (N-methyl/N-ethyl adjacent to an activating group) is 1. The molecule has 5 heteroatoms. The van der Waals surface area contributed by atoms with Crippen LogP contribution >= 0.6 is 0 Å². The molecule has 1 aromatic rings. The van der Waals surface area contributed by atoms with Gasteiger partial charge in [-0.15, -0.1) is 0 Å². The Morgan fingerprint density at radius 1 is 1.40 bits per heavy atom. The maximum Gasteiger partial charge on any atom is 0.339 e. The highest BCUT2D eigenvalue weighted by Crippen LogP contribution is 2.21. The zero-order chi connectivity index (χ0) is 14.5. The van der Waals surface area contributed by atoms with Gasteiger partial charge in [0.25, 0.3) is 0 Å². The minimum atomic E-state index is -1.24. The van der Waals surface area contributed by atoms with Gasteiger partial charge < -0.3 is 19.5 Å². The van der Waals surface area contributed by atoms with Crippen molar-refractivity contribution in [3.63, 3.8) is 0 Å². The summed E-state index contributed by atoms with van der Waals surface area (Å²) in [6, 6.07) is 6.92. The van der Waals surface area contributed by atoms with E-state index in [1.165, 1.54) is 7.11 Å². The van der Waals surface area contributed by atoms with Crippen LogP contribution in [-0.4, -0.2) is 49.3 Å². The van der Waals surface area contributed by atoms with E-state index >= 15 is 0 Å². The summed E-state index contributed by atoms with van der Waals surface area (Å²) in [6.45, 7) is 2.04. The second-order valence-corrected chi connectivity index (χ2v) is 5.14. The number of rotatable bonds is 4. The Labute approximate surface area is 119 Å². The number of aliphatic hydroxyl groups is 1. The number of methoxy groups -OCH3 is 1. The van der Waals surface area contributed by atoms with Gasteiger partial charge in [-0.3, -0.25) is 0 Å². The summed E-state index contributed by atoms with van der Waals surface area (Å²) >= 11 is 0. The van der Waals surface area contributed by atoms with Gasteiger partial charge in [0.05, 0.1) is 7.11 Å². The highest BCUT2D eigenvalue weighted by atomic mass is 16.5. The van der Waals surface area contributed by atoms with E-state index in [9.17, 15) is 9.90 Å². The van der Waals surface area contributed by atoms with E-state index in [4.69, 9.17) is 4.74 Å². The predicted molar refractivity (Wildman–Crippen MR) is 74.6 cm³/mol. The van der Waals surface area contributed by atoms with E-state index in [0.29, 0.717) is 5.56 Å². The van der Waals surface area contributed by atoms with Gasteiger partial charge in [0, 0.05) is 6.54 Å². The van der Waals surface area contributed by atoms with Gasteiger partial charge in [-0.1, -0.05) is 12.1 Å². The zero-order valence-corrected chi connectivity index (χ0v) is 11.9. The standard InChI is InChI=1S/C15H21NO4/c1-16-9-3-4-13(10-16)20-12-7-5-11(6-8-12)14(17)15(18)19-2/h5-8,13-14,17H,3-4,9-10H2,1-2H3. The van der Waals surface area contributed by atoms with Crippen molar-refractivity contribution >= 4 is 5.97 Å². The van der Waals surface area contributed by atoms with Gasteiger partial charge in [-0.05, 0) is 44.1 Å². The maximum absolute atomic E-state index is 11.2. The highest BCUT2D eigenvalue weighted by Gasteiger charge is 2.20. The Bertz CT molecular complexity index is 446. The van der Waals surface area contributed by atoms with Crippen LogP contribution in [0.4, 0.5) is 0 Å². The Hall–Kier alpha value is -1.59. The average Bonchev–Trinajstić information content (AvgIpc) is 2.46. The molecule has 0 saturated carbocycles. The second-order valence-electron chi connectivity index (χ2n) is 5.14. The van der Waals surface area contributed by atoms with Crippen molar-refractivity contribution in [3.05, 3.63) is 29.8 Å². The average molecular weight is 279 g/mol. The fraction of sp³-hybridized carbons (Fsp3) is 0.533. The van der Waals surface area contributed by atoms with Crippen LogP contribution in [0.1, 0.15) is 24.5 Å². The molecular weight excluding hydrogens is 258 g/mol. The fourth-order valence-corrected chi connectivity index (χ4v) is 2.38. The summed E-state index contributed by atoms with van der Waals surface area (Å²) in [4.78, 5) is 13.5. The molecule has 0 amide bonds. The molecule has 1 fully saturated rings. The molecule has 2 unspecified atom stereocenters. The summed E-state index contributed by atoms with van der Waals surface area (Å²) in [5, 5.41) is 9.71. The molecule has 1 aliphatic rings. The first kappa shape index (κ1) is 14.8. The van der Waals surface area contributed by atoms with Crippen LogP contribution in [0.3, 0.4) is 0 Å². The summed E-state index contributed by atoms with van der Waals surface area (Å²) in [5.74, 6) is 0.0960. The molecule has 110 valence electrons. The van der Waals surface area contributed by atoms with Crippen molar-refractivity contribution in [2.24, 2.45) is 0 Å². The number of nitrogens with zero attached hydrogens (tertiary/aromatic N) is 1. The van der Waals surface area contributed by atoms with Crippen molar-refractivity contribution in [2.75, 3.05) is 27.2 Å². The van der Waals surface area contributed by atoms with E-state index < -0.39 is 12.1 Å². The van der Waals surface area contributed by atoms with Crippen LogP contribution in [0, 0.1) is 0 Å². The minimum Gasteiger partial charge on any atom is -0.489 e. The van der Waals surface area contributed by atoms with Gasteiger partial charge in [-0.2, -0.15) is 0 Å². The highest BCUT2D eigenvalue weighted by molar-refractivity contribution is 5.76. The SMILES string of the molecule is COC(=O)C(O)c1ccc(OC2CCCN(C)C2)cc1. The summed E-state index contributed by atoms with van der Waals surface area (Å²) in [5.41, 5.74) is 0.505. The predicted octanol–water partition coefficient (Wildman–Crippen LogP) is 1.37. The maximum atomic E-state index is 11.2. The first-order valence-electron chi connectivity index (χ1n) is 6.81. The minimum absolute atomic E-state index is 0.199. The van der Waals surface area contributed by atoms with Crippen LogP contribution < -0.4 is 4.74 Å². The number of ether oxygens (including phenoxy) is 2. The number of carbonyl (C=O) groups is 1. The van der Waals surface area contributed by atoms with Crippen LogP contribution in [0.2, 0.25) is 0 Å². The summed E-state index contributed by atoms with van der Waals surface area (Å²) in [7, 11) is 3.34. The molecule has 1 N–H and O–H groups in total.